The predicted octanol–water partition coefficient (Wildman–Crippen LogP) is 1.19. The Morgan fingerprint density at radius 3 is 3.00 bits per heavy atom. The highest BCUT2D eigenvalue weighted by molar-refractivity contribution is 5.93. The number of hydrogen-bond acceptors (Lipinski definition) is 5. The Kier molecular flexibility index (Phi) is 7.13. The molecule has 1 atom stereocenters. The lowest BCUT2D eigenvalue weighted by Gasteiger charge is -2.10. The van der Waals surface area contributed by atoms with Gasteiger partial charge in [-0.1, -0.05) is 19.8 Å². The van der Waals surface area contributed by atoms with Gasteiger partial charge >= 0.3 is 0 Å². The fraction of sp³-hybridized carbons (Fsp3) is 0.615. The largest absolute Gasteiger partial charge is 0.392 e. The molecule has 0 fully saturated rings. The third-order valence-corrected chi connectivity index (χ3v) is 2.65. The van der Waals surface area contributed by atoms with E-state index in [-0.39, 0.29) is 11.9 Å². The van der Waals surface area contributed by atoms with Crippen LogP contribution in [0.3, 0.4) is 0 Å². The van der Waals surface area contributed by atoms with Crippen LogP contribution in [0.15, 0.2) is 18.6 Å². The van der Waals surface area contributed by atoms with Gasteiger partial charge in [0, 0.05) is 31.9 Å². The number of aromatic nitrogens is 2. The summed E-state index contributed by atoms with van der Waals surface area (Å²) in [4.78, 5) is 19.5. The van der Waals surface area contributed by atoms with Gasteiger partial charge in [-0.15, -0.1) is 0 Å². The third-order valence-electron chi connectivity index (χ3n) is 2.65. The summed E-state index contributed by atoms with van der Waals surface area (Å²) in [6.45, 7) is 3.19. The lowest BCUT2D eigenvalue weighted by atomic mass is 10.1. The predicted molar refractivity (Wildman–Crippen MR) is 69.4 cm³/mol. The summed E-state index contributed by atoms with van der Waals surface area (Å²) in [6.07, 6.45) is 7.49. The summed E-state index contributed by atoms with van der Waals surface area (Å²) in [7, 11) is 0. The van der Waals surface area contributed by atoms with Crippen molar-refractivity contribution >= 4 is 5.78 Å². The van der Waals surface area contributed by atoms with Crippen molar-refractivity contribution in [1.29, 1.82) is 0 Å². The summed E-state index contributed by atoms with van der Waals surface area (Å²) >= 11 is 0. The van der Waals surface area contributed by atoms with E-state index in [4.69, 9.17) is 0 Å². The molecule has 5 heteroatoms. The highest BCUT2D eigenvalue weighted by atomic mass is 16.3. The van der Waals surface area contributed by atoms with Crippen molar-refractivity contribution in [2.45, 2.75) is 38.7 Å². The third kappa shape index (κ3) is 5.84. The van der Waals surface area contributed by atoms with Gasteiger partial charge < -0.3 is 10.4 Å². The Balaban J connectivity index is 2.13. The maximum absolute atomic E-state index is 11.7. The van der Waals surface area contributed by atoms with E-state index in [9.17, 15) is 9.90 Å². The van der Waals surface area contributed by atoms with E-state index in [0.717, 1.165) is 19.3 Å². The highest BCUT2D eigenvalue weighted by Gasteiger charge is 2.07. The zero-order valence-electron chi connectivity index (χ0n) is 10.8. The van der Waals surface area contributed by atoms with Crippen LogP contribution >= 0.6 is 0 Å². The molecule has 100 valence electrons. The molecular formula is C13H21N3O2. The van der Waals surface area contributed by atoms with Crippen LogP contribution < -0.4 is 5.32 Å². The van der Waals surface area contributed by atoms with E-state index in [1.807, 2.05) is 0 Å². The minimum atomic E-state index is -0.323. The number of hydrogen-bond donors (Lipinski definition) is 2. The summed E-state index contributed by atoms with van der Waals surface area (Å²) < 4.78 is 0. The lowest BCUT2D eigenvalue weighted by molar-refractivity contribution is 0.0973. The number of ketones is 1. The molecule has 1 rings (SSSR count). The first-order valence-electron chi connectivity index (χ1n) is 6.42. The van der Waals surface area contributed by atoms with Gasteiger partial charge in [-0.3, -0.25) is 9.78 Å². The van der Waals surface area contributed by atoms with Gasteiger partial charge in [0.05, 0.1) is 12.3 Å². The molecule has 1 unspecified atom stereocenters. The number of carbonyl (C=O) groups is 1. The molecule has 0 aliphatic rings. The van der Waals surface area contributed by atoms with Crippen molar-refractivity contribution in [2.75, 3.05) is 13.1 Å². The van der Waals surface area contributed by atoms with E-state index in [1.165, 1.54) is 12.4 Å². The normalized spacial score (nSPS) is 12.3. The average molecular weight is 251 g/mol. The van der Waals surface area contributed by atoms with Crippen LogP contribution in [0.1, 0.15) is 43.1 Å². The van der Waals surface area contributed by atoms with E-state index in [2.05, 4.69) is 22.2 Å². The van der Waals surface area contributed by atoms with Gasteiger partial charge in [0.2, 0.25) is 0 Å². The molecule has 0 aromatic carbocycles. The van der Waals surface area contributed by atoms with Gasteiger partial charge in [-0.05, 0) is 6.42 Å². The smallest absolute Gasteiger partial charge is 0.184 e. The second-order valence-corrected chi connectivity index (χ2v) is 4.26. The number of aliphatic hydroxyl groups is 1. The maximum atomic E-state index is 11.7. The van der Waals surface area contributed by atoms with Crippen LogP contribution in [-0.2, 0) is 0 Å². The highest BCUT2D eigenvalue weighted by Crippen LogP contribution is 1.99. The Morgan fingerprint density at radius 1 is 1.50 bits per heavy atom. The lowest BCUT2D eigenvalue weighted by Crippen LogP contribution is -2.28. The average Bonchev–Trinajstić information content (AvgIpc) is 2.42. The molecule has 5 nitrogen and oxygen atoms in total. The molecule has 0 spiro atoms. The van der Waals surface area contributed by atoms with Crippen LogP contribution in [0.5, 0.6) is 0 Å². The summed E-state index contributed by atoms with van der Waals surface area (Å²) in [5, 5.41) is 12.7. The van der Waals surface area contributed by atoms with Crippen molar-refractivity contribution in [3.63, 3.8) is 0 Å². The van der Waals surface area contributed by atoms with Crippen LogP contribution in [-0.4, -0.2) is 40.1 Å². The minimum absolute atomic E-state index is 0.0290. The first-order valence-corrected chi connectivity index (χ1v) is 6.42. The van der Waals surface area contributed by atoms with Crippen LogP contribution in [0.25, 0.3) is 0 Å². The molecule has 1 aromatic heterocycles. The van der Waals surface area contributed by atoms with E-state index < -0.39 is 0 Å². The standard InChI is InChI=1S/C13H21N3O2/c1-2-3-4-11(17)9-14-6-5-13(18)12-10-15-7-8-16-12/h7-8,10-11,14,17H,2-6,9H2,1H3. The molecule has 0 amide bonds. The molecule has 0 aliphatic carbocycles. The minimum Gasteiger partial charge on any atom is -0.392 e. The molecule has 0 radical (unpaired) electrons. The fourth-order valence-corrected chi connectivity index (χ4v) is 1.58. The summed E-state index contributed by atoms with van der Waals surface area (Å²) in [6, 6.07) is 0. The fourth-order valence-electron chi connectivity index (χ4n) is 1.58. The number of Topliss-reactive ketones (excluding diaryl/α,β-unsaturated/α-hetero) is 1. The monoisotopic (exact) mass is 251 g/mol. The number of nitrogens with zero attached hydrogens (tertiary/aromatic N) is 2. The summed E-state index contributed by atoms with van der Waals surface area (Å²) in [5.41, 5.74) is 0.394. The SMILES string of the molecule is CCCCC(O)CNCCC(=O)c1cnccn1. The van der Waals surface area contributed by atoms with Gasteiger partial charge in [0.25, 0.3) is 0 Å². The molecule has 0 saturated carbocycles. The topological polar surface area (TPSA) is 75.1 Å². The molecule has 0 bridgehead atoms. The molecule has 18 heavy (non-hydrogen) atoms. The van der Waals surface area contributed by atoms with Crippen LogP contribution in [0.4, 0.5) is 0 Å². The summed E-state index contributed by atoms with van der Waals surface area (Å²) in [5.74, 6) is -0.0290. The first kappa shape index (κ1) is 14.7. The number of aliphatic hydroxyl groups excluding tert-OH is 1. The number of nitrogens with one attached hydrogen (secondary N) is 1. The van der Waals surface area contributed by atoms with Crippen molar-refractivity contribution in [3.8, 4) is 0 Å². The van der Waals surface area contributed by atoms with Gasteiger partial charge in [-0.25, -0.2) is 4.98 Å². The van der Waals surface area contributed by atoms with E-state index in [0.29, 0.717) is 25.2 Å². The van der Waals surface area contributed by atoms with Crippen molar-refractivity contribution in [3.05, 3.63) is 24.3 Å². The van der Waals surface area contributed by atoms with Gasteiger partial charge in [0.1, 0.15) is 5.69 Å². The molecular weight excluding hydrogens is 230 g/mol. The van der Waals surface area contributed by atoms with Crippen molar-refractivity contribution in [1.82, 2.24) is 15.3 Å². The second-order valence-electron chi connectivity index (χ2n) is 4.26. The maximum Gasteiger partial charge on any atom is 0.184 e. The van der Waals surface area contributed by atoms with Gasteiger partial charge in [-0.2, -0.15) is 0 Å². The zero-order chi connectivity index (χ0) is 13.2. The number of unbranched alkanes of at least 4 members (excludes halogenated alkanes) is 1. The van der Waals surface area contributed by atoms with Gasteiger partial charge in [0.15, 0.2) is 5.78 Å². The van der Waals surface area contributed by atoms with Crippen molar-refractivity contribution < 1.29 is 9.90 Å². The second kappa shape index (κ2) is 8.72. The Bertz CT molecular complexity index is 343. The number of carbonyl (C=O) groups excluding carboxylic acids is 1. The van der Waals surface area contributed by atoms with E-state index in [1.54, 1.807) is 6.20 Å². The van der Waals surface area contributed by atoms with Crippen LogP contribution in [0.2, 0.25) is 0 Å². The Hall–Kier alpha value is -1.33. The molecule has 0 aliphatic heterocycles. The number of rotatable bonds is 9. The first-order chi connectivity index (χ1) is 8.74. The molecule has 1 heterocycles. The quantitative estimate of drug-likeness (QED) is 0.509. The molecule has 0 saturated heterocycles. The molecule has 1 aromatic rings. The Labute approximate surface area is 108 Å². The van der Waals surface area contributed by atoms with Crippen LogP contribution in [0, 0.1) is 0 Å². The van der Waals surface area contributed by atoms with Crippen molar-refractivity contribution in [2.24, 2.45) is 0 Å². The Morgan fingerprint density at radius 2 is 2.33 bits per heavy atom. The van der Waals surface area contributed by atoms with E-state index >= 15 is 0 Å². The molecule has 2 N–H and O–H groups in total. The zero-order valence-corrected chi connectivity index (χ0v) is 10.8.